The van der Waals surface area contributed by atoms with Crippen LogP contribution < -0.4 is 10.6 Å². The maximum atomic E-state index is 10.6. The summed E-state index contributed by atoms with van der Waals surface area (Å²) in [7, 11) is 1.73. The van der Waals surface area contributed by atoms with E-state index in [9.17, 15) is 10.1 Å². The molecule has 0 saturated carbocycles. The minimum absolute atomic E-state index is 0.106. The van der Waals surface area contributed by atoms with E-state index in [4.69, 9.17) is 0 Å². The van der Waals surface area contributed by atoms with Gasteiger partial charge in [-0.05, 0) is 24.3 Å². The van der Waals surface area contributed by atoms with E-state index in [1.54, 1.807) is 19.2 Å². The molecule has 116 valence electrons. The Kier molecular flexibility index (Phi) is 7.21. The van der Waals surface area contributed by atoms with E-state index in [-0.39, 0.29) is 5.69 Å². The molecule has 0 aliphatic rings. The number of nitrogens with one attached hydrogen (secondary N) is 2. The predicted octanol–water partition coefficient (Wildman–Crippen LogP) is 2.70. The number of nitro benzene ring substituents is 1. The Morgan fingerprint density at radius 1 is 1.29 bits per heavy atom. The maximum absolute atomic E-state index is 10.6. The van der Waals surface area contributed by atoms with Gasteiger partial charge in [0, 0.05) is 32.3 Å². The number of nitrogens with zero attached hydrogens (tertiary/aromatic N) is 2. The molecule has 0 amide bonds. The van der Waals surface area contributed by atoms with Gasteiger partial charge in [0.1, 0.15) is 0 Å². The highest BCUT2D eigenvalue weighted by Gasteiger charge is 2.04. The zero-order valence-corrected chi connectivity index (χ0v) is 12.9. The van der Waals surface area contributed by atoms with Gasteiger partial charge in [0.25, 0.3) is 5.69 Å². The van der Waals surface area contributed by atoms with E-state index in [1.807, 2.05) is 0 Å². The molecule has 0 heterocycles. The molecule has 6 heteroatoms. The smallest absolute Gasteiger partial charge is 0.269 e. The van der Waals surface area contributed by atoms with Crippen molar-refractivity contribution in [3.05, 3.63) is 39.9 Å². The van der Waals surface area contributed by atoms with Crippen LogP contribution in [0.3, 0.4) is 0 Å². The minimum atomic E-state index is -0.396. The predicted molar refractivity (Wildman–Crippen MR) is 85.4 cm³/mol. The van der Waals surface area contributed by atoms with E-state index in [0.717, 1.165) is 24.5 Å². The molecule has 6 nitrogen and oxygen atoms in total. The summed E-state index contributed by atoms with van der Waals surface area (Å²) in [5.41, 5.74) is 1.08. The van der Waals surface area contributed by atoms with Gasteiger partial charge in [0.15, 0.2) is 5.96 Å². The number of aliphatic imine (C=N–C) groups is 1. The summed E-state index contributed by atoms with van der Waals surface area (Å²) < 4.78 is 0. The van der Waals surface area contributed by atoms with Crippen LogP contribution in [-0.4, -0.2) is 24.5 Å². The lowest BCUT2D eigenvalue weighted by molar-refractivity contribution is -0.384. The lowest BCUT2D eigenvalue weighted by atomic mass is 10.1. The fraction of sp³-hybridized carbons (Fsp3) is 0.533. The van der Waals surface area contributed by atoms with Gasteiger partial charge in [0.05, 0.1) is 4.92 Å². The van der Waals surface area contributed by atoms with Crippen molar-refractivity contribution in [1.29, 1.82) is 0 Å². The first-order valence-electron chi connectivity index (χ1n) is 7.20. The Morgan fingerprint density at radius 3 is 2.48 bits per heavy atom. The van der Waals surface area contributed by atoms with Gasteiger partial charge < -0.3 is 10.6 Å². The summed E-state index contributed by atoms with van der Waals surface area (Å²) in [5.74, 6) is 1.46. The normalized spacial score (nSPS) is 11.5. The molecule has 0 fully saturated rings. The third-order valence-electron chi connectivity index (χ3n) is 3.08. The SMILES string of the molecule is CN=C(NCCCC(C)C)NCc1ccc([N+](=O)[O-])cc1. The zero-order valence-electron chi connectivity index (χ0n) is 12.9. The monoisotopic (exact) mass is 292 g/mol. The summed E-state index contributed by atoms with van der Waals surface area (Å²) in [5, 5.41) is 17.0. The highest BCUT2D eigenvalue weighted by Crippen LogP contribution is 2.11. The summed E-state index contributed by atoms with van der Waals surface area (Å²) in [4.78, 5) is 14.3. The van der Waals surface area contributed by atoms with Gasteiger partial charge in [-0.3, -0.25) is 15.1 Å². The minimum Gasteiger partial charge on any atom is -0.356 e. The van der Waals surface area contributed by atoms with Crippen LogP contribution >= 0.6 is 0 Å². The van der Waals surface area contributed by atoms with Gasteiger partial charge in [-0.25, -0.2) is 0 Å². The van der Waals surface area contributed by atoms with E-state index < -0.39 is 4.92 Å². The lowest BCUT2D eigenvalue weighted by Crippen LogP contribution is -2.37. The second-order valence-electron chi connectivity index (χ2n) is 5.31. The van der Waals surface area contributed by atoms with E-state index in [0.29, 0.717) is 12.5 Å². The Labute approximate surface area is 125 Å². The van der Waals surface area contributed by atoms with Crippen LogP contribution in [0.1, 0.15) is 32.3 Å². The molecular weight excluding hydrogens is 268 g/mol. The first kappa shape index (κ1) is 16.9. The van der Waals surface area contributed by atoms with Crippen molar-refractivity contribution in [2.75, 3.05) is 13.6 Å². The van der Waals surface area contributed by atoms with Crippen LogP contribution in [0.15, 0.2) is 29.3 Å². The first-order chi connectivity index (χ1) is 10.0. The van der Waals surface area contributed by atoms with Crippen molar-refractivity contribution in [2.24, 2.45) is 10.9 Å². The second kappa shape index (κ2) is 8.94. The number of nitro groups is 1. The fourth-order valence-corrected chi connectivity index (χ4v) is 1.86. The maximum Gasteiger partial charge on any atom is 0.269 e. The average molecular weight is 292 g/mol. The Hall–Kier alpha value is -2.11. The van der Waals surface area contributed by atoms with E-state index >= 15 is 0 Å². The van der Waals surface area contributed by atoms with E-state index in [2.05, 4.69) is 29.5 Å². The number of rotatable bonds is 7. The Bertz CT molecular complexity index is 469. The molecule has 0 aromatic heterocycles. The molecule has 1 aromatic carbocycles. The van der Waals surface area contributed by atoms with Crippen molar-refractivity contribution in [3.8, 4) is 0 Å². The molecule has 0 atom stereocenters. The van der Waals surface area contributed by atoms with Crippen molar-refractivity contribution < 1.29 is 4.92 Å². The first-order valence-corrected chi connectivity index (χ1v) is 7.20. The number of guanidine groups is 1. The molecule has 0 aliphatic heterocycles. The third-order valence-corrected chi connectivity index (χ3v) is 3.08. The largest absolute Gasteiger partial charge is 0.356 e. The van der Waals surface area contributed by atoms with Gasteiger partial charge in [-0.2, -0.15) is 0 Å². The summed E-state index contributed by atoms with van der Waals surface area (Å²) >= 11 is 0. The number of hydrogen-bond donors (Lipinski definition) is 2. The molecular formula is C15H24N4O2. The Morgan fingerprint density at radius 2 is 1.95 bits per heavy atom. The third kappa shape index (κ3) is 6.74. The van der Waals surface area contributed by atoms with Gasteiger partial charge >= 0.3 is 0 Å². The Balaban J connectivity index is 2.36. The van der Waals surface area contributed by atoms with Gasteiger partial charge in [-0.1, -0.05) is 26.0 Å². The van der Waals surface area contributed by atoms with E-state index in [1.165, 1.54) is 18.6 Å². The summed E-state index contributed by atoms with van der Waals surface area (Å²) in [6.45, 7) is 5.89. The molecule has 21 heavy (non-hydrogen) atoms. The molecule has 0 saturated heterocycles. The van der Waals surface area contributed by atoms with Crippen molar-refractivity contribution in [3.63, 3.8) is 0 Å². The topological polar surface area (TPSA) is 79.6 Å². The second-order valence-corrected chi connectivity index (χ2v) is 5.31. The van der Waals surface area contributed by atoms with Crippen molar-refractivity contribution in [2.45, 2.75) is 33.2 Å². The fourth-order valence-electron chi connectivity index (χ4n) is 1.86. The molecule has 1 rings (SSSR count). The number of non-ortho nitro benzene ring substituents is 1. The number of hydrogen-bond acceptors (Lipinski definition) is 3. The zero-order chi connectivity index (χ0) is 15.7. The molecule has 1 aromatic rings. The van der Waals surface area contributed by atoms with Gasteiger partial charge in [-0.15, -0.1) is 0 Å². The molecule has 0 radical (unpaired) electrons. The van der Waals surface area contributed by atoms with Crippen LogP contribution in [0.4, 0.5) is 5.69 Å². The van der Waals surface area contributed by atoms with Crippen LogP contribution in [0.2, 0.25) is 0 Å². The van der Waals surface area contributed by atoms with Crippen LogP contribution in [-0.2, 0) is 6.54 Å². The highest BCUT2D eigenvalue weighted by atomic mass is 16.6. The molecule has 0 unspecified atom stereocenters. The van der Waals surface area contributed by atoms with Crippen LogP contribution in [0, 0.1) is 16.0 Å². The van der Waals surface area contributed by atoms with Crippen molar-refractivity contribution in [1.82, 2.24) is 10.6 Å². The van der Waals surface area contributed by atoms with Gasteiger partial charge in [0.2, 0.25) is 0 Å². The molecule has 0 bridgehead atoms. The quantitative estimate of drug-likeness (QED) is 0.266. The highest BCUT2D eigenvalue weighted by molar-refractivity contribution is 5.79. The number of benzene rings is 1. The van der Waals surface area contributed by atoms with Crippen LogP contribution in [0.5, 0.6) is 0 Å². The molecule has 0 aliphatic carbocycles. The van der Waals surface area contributed by atoms with Crippen LogP contribution in [0.25, 0.3) is 0 Å². The standard InChI is InChI=1S/C15H24N4O2/c1-12(2)5-4-10-17-15(16-3)18-11-13-6-8-14(9-7-13)19(20)21/h6-9,12H,4-5,10-11H2,1-3H3,(H2,16,17,18). The van der Waals surface area contributed by atoms with Crippen molar-refractivity contribution >= 4 is 11.6 Å². The summed E-state index contributed by atoms with van der Waals surface area (Å²) in [6, 6.07) is 6.51. The molecule has 0 spiro atoms. The average Bonchev–Trinajstić information content (AvgIpc) is 2.46. The molecule has 2 N–H and O–H groups in total. The lowest BCUT2D eigenvalue weighted by Gasteiger charge is -2.12. The summed E-state index contributed by atoms with van der Waals surface area (Å²) in [6.07, 6.45) is 2.29.